The van der Waals surface area contributed by atoms with Gasteiger partial charge in [0.15, 0.2) is 12.6 Å². The first-order valence-corrected chi connectivity index (χ1v) is 9.71. The van der Waals surface area contributed by atoms with Gasteiger partial charge in [-0.1, -0.05) is 12.1 Å². The summed E-state index contributed by atoms with van der Waals surface area (Å²) < 4.78 is 10.9. The van der Waals surface area contributed by atoms with Gasteiger partial charge in [-0.3, -0.25) is 9.79 Å². The summed E-state index contributed by atoms with van der Waals surface area (Å²) in [5.41, 5.74) is 6.60. The number of nitrogens with two attached hydrogens (primary N) is 1. The first kappa shape index (κ1) is 19.5. The standard InChI is InChI=1S/C20H30N4O3/c1-2-22-19(24-11-8-20(14-24)9-12-26-15-20)23-10-7-16-3-5-17(6-4-16)27-13-18(21)25/h3-6H,2,7-15H2,1H3,(H2,21,25)(H,22,23). The van der Waals surface area contributed by atoms with Gasteiger partial charge in [0.1, 0.15) is 5.75 Å². The molecule has 1 spiro atoms. The fraction of sp³-hybridized carbons (Fsp3) is 0.600. The number of nitrogens with zero attached hydrogens (tertiary/aromatic N) is 2. The third kappa shape index (κ3) is 5.35. The normalized spacial score (nSPS) is 22.4. The van der Waals surface area contributed by atoms with Crippen LogP contribution in [0.5, 0.6) is 5.75 Å². The molecule has 0 bridgehead atoms. The van der Waals surface area contributed by atoms with Crippen LogP contribution in [0.4, 0.5) is 0 Å². The van der Waals surface area contributed by atoms with Crippen molar-refractivity contribution in [3.8, 4) is 5.75 Å². The summed E-state index contributed by atoms with van der Waals surface area (Å²) in [5.74, 6) is 1.18. The molecule has 2 aliphatic heterocycles. The molecule has 1 atom stereocenters. The highest BCUT2D eigenvalue weighted by molar-refractivity contribution is 5.80. The van der Waals surface area contributed by atoms with E-state index in [1.165, 1.54) is 12.0 Å². The van der Waals surface area contributed by atoms with Crippen LogP contribution in [0.25, 0.3) is 0 Å². The molecular formula is C20H30N4O3. The minimum atomic E-state index is -0.475. The number of guanidine groups is 1. The number of carbonyl (C=O) groups is 1. The quantitative estimate of drug-likeness (QED) is 0.552. The Morgan fingerprint density at radius 3 is 2.85 bits per heavy atom. The van der Waals surface area contributed by atoms with Crippen LogP contribution >= 0.6 is 0 Å². The summed E-state index contributed by atoms with van der Waals surface area (Å²) in [7, 11) is 0. The summed E-state index contributed by atoms with van der Waals surface area (Å²) >= 11 is 0. The lowest BCUT2D eigenvalue weighted by atomic mass is 9.87. The molecule has 2 aliphatic rings. The van der Waals surface area contributed by atoms with E-state index in [9.17, 15) is 4.79 Å². The first-order valence-electron chi connectivity index (χ1n) is 9.71. The summed E-state index contributed by atoms with van der Waals surface area (Å²) in [5, 5.41) is 3.42. The van der Waals surface area contributed by atoms with Gasteiger partial charge in [0.2, 0.25) is 0 Å². The Morgan fingerprint density at radius 2 is 2.19 bits per heavy atom. The topological polar surface area (TPSA) is 89.2 Å². The van der Waals surface area contributed by atoms with Gasteiger partial charge < -0.3 is 25.4 Å². The van der Waals surface area contributed by atoms with Crippen molar-refractivity contribution in [2.45, 2.75) is 26.2 Å². The van der Waals surface area contributed by atoms with Gasteiger partial charge in [-0.2, -0.15) is 0 Å². The third-order valence-electron chi connectivity index (χ3n) is 5.22. The van der Waals surface area contributed by atoms with Gasteiger partial charge >= 0.3 is 0 Å². The van der Waals surface area contributed by atoms with E-state index in [2.05, 4.69) is 17.1 Å². The van der Waals surface area contributed by atoms with Gasteiger partial charge in [0.05, 0.1) is 6.61 Å². The molecule has 1 aromatic carbocycles. The maximum atomic E-state index is 10.8. The number of aliphatic imine (C=N–C) groups is 1. The fourth-order valence-electron chi connectivity index (χ4n) is 3.71. The highest BCUT2D eigenvalue weighted by atomic mass is 16.5. The smallest absolute Gasteiger partial charge is 0.255 e. The number of hydrogen-bond acceptors (Lipinski definition) is 4. The highest BCUT2D eigenvalue weighted by Gasteiger charge is 2.42. The van der Waals surface area contributed by atoms with Crippen molar-refractivity contribution in [3.05, 3.63) is 29.8 Å². The van der Waals surface area contributed by atoms with Crippen molar-refractivity contribution in [3.63, 3.8) is 0 Å². The average Bonchev–Trinajstić information content (AvgIpc) is 3.30. The molecule has 2 fully saturated rings. The zero-order valence-corrected chi connectivity index (χ0v) is 16.1. The second-order valence-electron chi connectivity index (χ2n) is 7.36. The Morgan fingerprint density at radius 1 is 1.37 bits per heavy atom. The number of ether oxygens (including phenoxy) is 2. The minimum absolute atomic E-state index is 0.0992. The molecule has 1 aromatic rings. The number of rotatable bonds is 7. The number of nitrogens with one attached hydrogen (secondary N) is 1. The number of hydrogen-bond donors (Lipinski definition) is 2. The molecular weight excluding hydrogens is 344 g/mol. The summed E-state index contributed by atoms with van der Waals surface area (Å²) in [6, 6.07) is 7.72. The van der Waals surface area contributed by atoms with Crippen molar-refractivity contribution >= 4 is 11.9 Å². The lowest BCUT2D eigenvalue weighted by molar-refractivity contribution is -0.119. The van der Waals surface area contributed by atoms with Gasteiger partial charge in [0, 0.05) is 38.2 Å². The molecule has 0 aromatic heterocycles. The molecule has 1 amide bonds. The van der Waals surface area contributed by atoms with E-state index >= 15 is 0 Å². The molecule has 27 heavy (non-hydrogen) atoms. The Balaban J connectivity index is 1.52. The van der Waals surface area contributed by atoms with E-state index in [1.54, 1.807) is 0 Å². The Bertz CT molecular complexity index is 654. The minimum Gasteiger partial charge on any atom is -0.484 e. The zero-order chi connectivity index (χ0) is 19.1. The maximum absolute atomic E-state index is 10.8. The summed E-state index contributed by atoms with van der Waals surface area (Å²) in [6.07, 6.45) is 3.20. The molecule has 2 saturated heterocycles. The van der Waals surface area contributed by atoms with E-state index < -0.39 is 5.91 Å². The molecule has 0 saturated carbocycles. The predicted molar refractivity (Wildman–Crippen MR) is 105 cm³/mol. The number of likely N-dealkylation sites (tertiary alicyclic amines) is 1. The lowest BCUT2D eigenvalue weighted by Gasteiger charge is -2.25. The first-order chi connectivity index (χ1) is 13.1. The zero-order valence-electron chi connectivity index (χ0n) is 16.1. The number of primary amides is 1. The number of benzene rings is 1. The van der Waals surface area contributed by atoms with E-state index in [-0.39, 0.29) is 6.61 Å². The second kappa shape index (κ2) is 9.08. The van der Waals surface area contributed by atoms with Crippen molar-refractivity contribution < 1.29 is 14.3 Å². The van der Waals surface area contributed by atoms with E-state index in [1.807, 2.05) is 24.3 Å². The average molecular weight is 374 g/mol. The molecule has 3 rings (SSSR count). The molecule has 0 radical (unpaired) electrons. The van der Waals surface area contributed by atoms with Crippen LogP contribution in [0, 0.1) is 5.41 Å². The van der Waals surface area contributed by atoms with Crippen molar-refractivity contribution in [2.75, 3.05) is 46.0 Å². The van der Waals surface area contributed by atoms with Crippen molar-refractivity contribution in [1.29, 1.82) is 0 Å². The maximum Gasteiger partial charge on any atom is 0.255 e. The summed E-state index contributed by atoms with van der Waals surface area (Å²) in [6.45, 7) is 7.44. The molecule has 7 nitrogen and oxygen atoms in total. The lowest BCUT2D eigenvalue weighted by Crippen LogP contribution is -2.41. The Labute approximate surface area is 160 Å². The van der Waals surface area contributed by atoms with E-state index in [0.29, 0.717) is 11.2 Å². The van der Waals surface area contributed by atoms with E-state index in [4.69, 9.17) is 20.2 Å². The molecule has 148 valence electrons. The van der Waals surface area contributed by atoms with Crippen molar-refractivity contribution in [2.24, 2.45) is 16.1 Å². The predicted octanol–water partition coefficient (Wildman–Crippen LogP) is 1.17. The molecule has 7 heteroatoms. The third-order valence-corrected chi connectivity index (χ3v) is 5.22. The molecule has 3 N–H and O–H groups in total. The molecule has 0 aliphatic carbocycles. The van der Waals surface area contributed by atoms with Gasteiger partial charge in [-0.15, -0.1) is 0 Å². The van der Waals surface area contributed by atoms with Gasteiger partial charge in [-0.25, -0.2) is 0 Å². The van der Waals surface area contributed by atoms with Crippen LogP contribution in [0.2, 0.25) is 0 Å². The van der Waals surface area contributed by atoms with Crippen LogP contribution < -0.4 is 15.8 Å². The van der Waals surface area contributed by atoms with E-state index in [0.717, 1.165) is 58.2 Å². The van der Waals surface area contributed by atoms with Crippen LogP contribution in [0.3, 0.4) is 0 Å². The van der Waals surface area contributed by atoms with Crippen LogP contribution in [-0.2, 0) is 16.0 Å². The number of amides is 1. The second-order valence-corrected chi connectivity index (χ2v) is 7.36. The summed E-state index contributed by atoms with van der Waals surface area (Å²) in [4.78, 5) is 18.0. The Hall–Kier alpha value is -2.28. The molecule has 1 unspecified atom stereocenters. The van der Waals surface area contributed by atoms with Crippen LogP contribution in [0.1, 0.15) is 25.3 Å². The van der Waals surface area contributed by atoms with Crippen LogP contribution in [-0.4, -0.2) is 62.8 Å². The SMILES string of the molecule is CCNC(=NCCc1ccc(OCC(N)=O)cc1)N1CCC2(CCOC2)C1. The van der Waals surface area contributed by atoms with Crippen LogP contribution in [0.15, 0.2) is 29.3 Å². The fourth-order valence-corrected chi connectivity index (χ4v) is 3.71. The Kier molecular flexibility index (Phi) is 6.55. The van der Waals surface area contributed by atoms with Gasteiger partial charge in [0.25, 0.3) is 5.91 Å². The monoisotopic (exact) mass is 374 g/mol. The van der Waals surface area contributed by atoms with Gasteiger partial charge in [-0.05, 0) is 43.9 Å². The number of carbonyl (C=O) groups excluding carboxylic acids is 1. The molecule has 2 heterocycles. The highest BCUT2D eigenvalue weighted by Crippen LogP contribution is 2.38. The largest absolute Gasteiger partial charge is 0.484 e. The van der Waals surface area contributed by atoms with Crippen molar-refractivity contribution in [1.82, 2.24) is 10.2 Å².